The maximum atomic E-state index is 10.8. The van der Waals surface area contributed by atoms with E-state index in [2.05, 4.69) is 4.90 Å². The number of morpholine rings is 1. The molecule has 0 bridgehead atoms. The van der Waals surface area contributed by atoms with Crippen LogP contribution in [0.5, 0.6) is 0 Å². The van der Waals surface area contributed by atoms with Crippen LogP contribution in [0.25, 0.3) is 0 Å². The molecule has 1 aromatic rings. The van der Waals surface area contributed by atoms with Crippen molar-refractivity contribution in [3.05, 3.63) is 33.9 Å². The van der Waals surface area contributed by atoms with Crippen molar-refractivity contribution in [3.8, 4) is 0 Å². The van der Waals surface area contributed by atoms with Gasteiger partial charge < -0.3 is 9.64 Å². The lowest BCUT2D eigenvalue weighted by atomic mass is 10.1. The van der Waals surface area contributed by atoms with E-state index in [1.54, 1.807) is 23.9 Å². The number of anilines is 1. The number of benzene rings is 1. The van der Waals surface area contributed by atoms with E-state index in [-0.39, 0.29) is 10.6 Å². The Balaban J connectivity index is 2.29. The first-order chi connectivity index (χ1) is 8.72. The Bertz CT molecular complexity index is 433. The van der Waals surface area contributed by atoms with Crippen LogP contribution in [-0.4, -0.2) is 37.5 Å². The third-order valence-electron chi connectivity index (χ3n) is 2.93. The summed E-state index contributed by atoms with van der Waals surface area (Å²) in [5.41, 5.74) is 2.29. The zero-order chi connectivity index (χ0) is 13.0. The lowest BCUT2D eigenvalue weighted by molar-refractivity contribution is -0.384. The van der Waals surface area contributed by atoms with Gasteiger partial charge in [-0.15, -0.1) is 0 Å². The van der Waals surface area contributed by atoms with E-state index in [9.17, 15) is 10.1 Å². The molecule has 0 spiro atoms. The average Bonchev–Trinajstić information content (AvgIpc) is 2.40. The highest BCUT2D eigenvalue weighted by molar-refractivity contribution is 7.97. The Morgan fingerprint density at radius 1 is 1.44 bits per heavy atom. The number of nitrogens with zero attached hydrogens (tertiary/aromatic N) is 2. The highest BCUT2D eigenvalue weighted by Crippen LogP contribution is 2.28. The van der Waals surface area contributed by atoms with Gasteiger partial charge in [-0.05, 0) is 17.9 Å². The van der Waals surface area contributed by atoms with Gasteiger partial charge in [0.25, 0.3) is 5.69 Å². The highest BCUT2D eigenvalue weighted by Gasteiger charge is 2.17. The molecule has 0 aromatic heterocycles. The minimum absolute atomic E-state index is 0.163. The Morgan fingerprint density at radius 3 is 2.78 bits per heavy atom. The van der Waals surface area contributed by atoms with Gasteiger partial charge in [-0.1, -0.05) is 0 Å². The number of ether oxygens (including phenoxy) is 1. The van der Waals surface area contributed by atoms with Gasteiger partial charge >= 0.3 is 0 Å². The SMILES string of the molecule is CSCc1cc([N+](=O)[O-])ccc1N1CCOCC1. The molecule has 0 amide bonds. The number of nitro groups is 1. The predicted molar refractivity (Wildman–Crippen MR) is 73.3 cm³/mol. The van der Waals surface area contributed by atoms with Crippen molar-refractivity contribution in [2.75, 3.05) is 37.5 Å². The van der Waals surface area contributed by atoms with E-state index in [0.717, 1.165) is 43.3 Å². The van der Waals surface area contributed by atoms with Crippen LogP contribution in [0, 0.1) is 10.1 Å². The molecule has 98 valence electrons. The molecule has 1 aromatic carbocycles. The molecule has 0 radical (unpaired) electrons. The third-order valence-corrected chi connectivity index (χ3v) is 3.53. The number of rotatable bonds is 4. The van der Waals surface area contributed by atoms with E-state index < -0.39 is 0 Å². The van der Waals surface area contributed by atoms with Crippen molar-refractivity contribution >= 4 is 23.1 Å². The topological polar surface area (TPSA) is 55.6 Å². The van der Waals surface area contributed by atoms with E-state index >= 15 is 0 Å². The van der Waals surface area contributed by atoms with Crippen LogP contribution in [-0.2, 0) is 10.5 Å². The molecule has 0 unspecified atom stereocenters. The van der Waals surface area contributed by atoms with Gasteiger partial charge in [0, 0.05) is 36.7 Å². The van der Waals surface area contributed by atoms with E-state index in [4.69, 9.17) is 4.74 Å². The van der Waals surface area contributed by atoms with E-state index in [0.29, 0.717) is 0 Å². The molecule has 1 fully saturated rings. The summed E-state index contributed by atoms with van der Waals surface area (Å²) in [5, 5.41) is 10.8. The number of hydrogen-bond donors (Lipinski definition) is 0. The van der Waals surface area contributed by atoms with Crippen LogP contribution < -0.4 is 4.90 Å². The molecule has 0 atom stereocenters. The van der Waals surface area contributed by atoms with Crippen molar-refractivity contribution in [2.24, 2.45) is 0 Å². The molecular formula is C12H16N2O3S. The van der Waals surface area contributed by atoms with E-state index in [1.165, 1.54) is 0 Å². The zero-order valence-corrected chi connectivity index (χ0v) is 11.1. The highest BCUT2D eigenvalue weighted by atomic mass is 32.2. The van der Waals surface area contributed by atoms with Crippen LogP contribution in [0.3, 0.4) is 0 Å². The second-order valence-corrected chi connectivity index (χ2v) is 4.97. The molecule has 0 aliphatic carbocycles. The molecule has 0 saturated carbocycles. The second-order valence-electron chi connectivity index (χ2n) is 4.10. The van der Waals surface area contributed by atoms with Crippen molar-refractivity contribution in [1.82, 2.24) is 0 Å². The standard InChI is InChI=1S/C12H16N2O3S/c1-18-9-10-8-11(14(15)16)2-3-12(10)13-4-6-17-7-5-13/h2-3,8H,4-7,9H2,1H3. The average molecular weight is 268 g/mol. The molecule has 18 heavy (non-hydrogen) atoms. The van der Waals surface area contributed by atoms with Crippen molar-refractivity contribution < 1.29 is 9.66 Å². The van der Waals surface area contributed by atoms with Gasteiger partial charge in [0.2, 0.25) is 0 Å². The molecule has 0 N–H and O–H groups in total. The van der Waals surface area contributed by atoms with Crippen molar-refractivity contribution in [1.29, 1.82) is 0 Å². The summed E-state index contributed by atoms with van der Waals surface area (Å²) in [6, 6.07) is 5.12. The minimum atomic E-state index is -0.340. The lowest BCUT2D eigenvalue weighted by Gasteiger charge is -2.30. The summed E-state index contributed by atoms with van der Waals surface area (Å²) in [6.45, 7) is 3.13. The first-order valence-electron chi connectivity index (χ1n) is 5.81. The summed E-state index contributed by atoms with van der Waals surface area (Å²) in [5.74, 6) is 0.786. The summed E-state index contributed by atoms with van der Waals surface area (Å²) in [7, 11) is 0. The maximum absolute atomic E-state index is 10.8. The molecule has 1 aliphatic rings. The van der Waals surface area contributed by atoms with Gasteiger partial charge in [-0.2, -0.15) is 11.8 Å². The first-order valence-corrected chi connectivity index (χ1v) is 7.20. The molecular weight excluding hydrogens is 252 g/mol. The Hall–Kier alpha value is -1.27. The maximum Gasteiger partial charge on any atom is 0.269 e. The normalized spacial score (nSPS) is 15.7. The molecule has 1 heterocycles. The molecule has 2 rings (SSSR count). The molecule has 6 heteroatoms. The van der Waals surface area contributed by atoms with Gasteiger partial charge in [0.05, 0.1) is 18.1 Å². The molecule has 5 nitrogen and oxygen atoms in total. The Morgan fingerprint density at radius 2 is 2.17 bits per heavy atom. The summed E-state index contributed by atoms with van der Waals surface area (Å²) >= 11 is 1.67. The summed E-state index contributed by atoms with van der Waals surface area (Å²) in [4.78, 5) is 12.7. The van der Waals surface area contributed by atoms with Crippen LogP contribution in [0.2, 0.25) is 0 Å². The molecule has 1 aliphatic heterocycles. The van der Waals surface area contributed by atoms with Crippen LogP contribution >= 0.6 is 11.8 Å². The lowest BCUT2D eigenvalue weighted by Crippen LogP contribution is -2.36. The zero-order valence-electron chi connectivity index (χ0n) is 10.3. The van der Waals surface area contributed by atoms with Crippen LogP contribution in [0.1, 0.15) is 5.56 Å². The second kappa shape index (κ2) is 6.06. The van der Waals surface area contributed by atoms with Gasteiger partial charge in [0.1, 0.15) is 0 Å². The monoisotopic (exact) mass is 268 g/mol. The van der Waals surface area contributed by atoms with Gasteiger partial charge in [0.15, 0.2) is 0 Å². The van der Waals surface area contributed by atoms with Crippen LogP contribution in [0.15, 0.2) is 18.2 Å². The quantitative estimate of drug-likeness (QED) is 0.619. The summed E-state index contributed by atoms with van der Waals surface area (Å²) < 4.78 is 5.33. The number of non-ortho nitro benzene ring substituents is 1. The fraction of sp³-hybridized carbons (Fsp3) is 0.500. The van der Waals surface area contributed by atoms with Gasteiger partial charge in [-0.25, -0.2) is 0 Å². The Kier molecular flexibility index (Phi) is 4.43. The fourth-order valence-electron chi connectivity index (χ4n) is 2.07. The molecule has 1 saturated heterocycles. The van der Waals surface area contributed by atoms with Crippen molar-refractivity contribution in [3.63, 3.8) is 0 Å². The number of thioether (sulfide) groups is 1. The Labute approximate surface area is 110 Å². The van der Waals surface area contributed by atoms with Crippen LogP contribution in [0.4, 0.5) is 11.4 Å². The first kappa shape index (κ1) is 13.2. The fourth-order valence-corrected chi connectivity index (χ4v) is 2.61. The predicted octanol–water partition coefficient (Wildman–Crippen LogP) is 2.29. The van der Waals surface area contributed by atoms with Gasteiger partial charge in [-0.3, -0.25) is 10.1 Å². The van der Waals surface area contributed by atoms with Crippen molar-refractivity contribution in [2.45, 2.75) is 5.75 Å². The third kappa shape index (κ3) is 2.94. The largest absolute Gasteiger partial charge is 0.378 e. The van der Waals surface area contributed by atoms with E-state index in [1.807, 2.05) is 12.3 Å². The smallest absolute Gasteiger partial charge is 0.269 e. The number of nitro benzene ring substituents is 1. The summed E-state index contributed by atoms with van der Waals surface area (Å²) in [6.07, 6.45) is 2.00. The minimum Gasteiger partial charge on any atom is -0.378 e. The number of hydrogen-bond acceptors (Lipinski definition) is 5.